The van der Waals surface area contributed by atoms with Crippen LogP contribution >= 0.6 is 0 Å². The molecular formula is C12H17NO4S2. The molecule has 1 heterocycles. The second-order valence-corrected chi connectivity index (χ2v) is 9.44. The first-order chi connectivity index (χ1) is 8.70. The number of benzene rings is 1. The maximum Gasteiger partial charge on any atom is 0.175 e. The van der Waals surface area contributed by atoms with Crippen molar-refractivity contribution in [3.63, 3.8) is 0 Å². The first kappa shape index (κ1) is 14.3. The van der Waals surface area contributed by atoms with Gasteiger partial charge in [-0.05, 0) is 31.2 Å². The molecule has 0 aliphatic carbocycles. The minimum Gasteiger partial charge on any atom is -0.369 e. The van der Waals surface area contributed by atoms with E-state index in [0.29, 0.717) is 13.1 Å². The molecule has 0 radical (unpaired) electrons. The third-order valence-electron chi connectivity index (χ3n) is 3.37. The van der Waals surface area contributed by atoms with Gasteiger partial charge in [-0.1, -0.05) is 0 Å². The van der Waals surface area contributed by atoms with Gasteiger partial charge in [-0.2, -0.15) is 0 Å². The maximum absolute atomic E-state index is 11.6. The summed E-state index contributed by atoms with van der Waals surface area (Å²) >= 11 is 0. The fraction of sp³-hybridized carbons (Fsp3) is 0.500. The van der Waals surface area contributed by atoms with Gasteiger partial charge in [-0.3, -0.25) is 0 Å². The monoisotopic (exact) mass is 303 g/mol. The molecule has 0 amide bonds. The van der Waals surface area contributed by atoms with Crippen LogP contribution < -0.4 is 4.90 Å². The molecule has 0 bridgehead atoms. The molecule has 106 valence electrons. The molecule has 1 aromatic rings. The normalized spacial score (nSPS) is 23.3. The van der Waals surface area contributed by atoms with Gasteiger partial charge in [0.25, 0.3) is 0 Å². The quantitative estimate of drug-likeness (QED) is 0.805. The lowest BCUT2D eigenvalue weighted by molar-refractivity contribution is 0.569. The van der Waals surface area contributed by atoms with Crippen molar-refractivity contribution in [2.45, 2.75) is 17.1 Å². The summed E-state index contributed by atoms with van der Waals surface area (Å²) in [6, 6.07) is 6.55. The van der Waals surface area contributed by atoms with E-state index >= 15 is 0 Å². The van der Waals surface area contributed by atoms with Crippen molar-refractivity contribution in [3.05, 3.63) is 24.3 Å². The Morgan fingerprint density at radius 3 is 2.26 bits per heavy atom. The van der Waals surface area contributed by atoms with E-state index in [2.05, 4.69) is 0 Å². The van der Waals surface area contributed by atoms with Crippen LogP contribution in [0.5, 0.6) is 0 Å². The zero-order chi connectivity index (χ0) is 14.3. The fourth-order valence-electron chi connectivity index (χ4n) is 2.09. The van der Waals surface area contributed by atoms with Gasteiger partial charge in [0.15, 0.2) is 19.7 Å². The van der Waals surface area contributed by atoms with Crippen LogP contribution in [-0.4, -0.2) is 47.2 Å². The lowest BCUT2D eigenvalue weighted by atomic mass is 10.2. The Morgan fingerprint density at radius 1 is 1.21 bits per heavy atom. The summed E-state index contributed by atoms with van der Waals surface area (Å²) in [6.07, 6.45) is 1.16. The van der Waals surface area contributed by atoms with Crippen LogP contribution in [0.1, 0.15) is 6.92 Å². The number of hydrogen-bond acceptors (Lipinski definition) is 5. The van der Waals surface area contributed by atoms with Crippen molar-refractivity contribution in [2.24, 2.45) is 0 Å². The van der Waals surface area contributed by atoms with Crippen molar-refractivity contribution in [1.82, 2.24) is 0 Å². The zero-order valence-electron chi connectivity index (χ0n) is 10.9. The molecule has 0 saturated carbocycles. The van der Waals surface area contributed by atoms with Gasteiger partial charge in [-0.15, -0.1) is 0 Å². The van der Waals surface area contributed by atoms with E-state index in [4.69, 9.17) is 0 Å². The van der Waals surface area contributed by atoms with E-state index in [-0.39, 0.29) is 10.6 Å². The highest BCUT2D eigenvalue weighted by molar-refractivity contribution is 7.92. The van der Waals surface area contributed by atoms with E-state index in [9.17, 15) is 16.8 Å². The SMILES string of the molecule is CC1CN(c2ccc(S(C)(=O)=O)cc2)CCS1(=O)=O. The summed E-state index contributed by atoms with van der Waals surface area (Å²) in [4.78, 5) is 2.24. The Kier molecular flexibility index (Phi) is 3.61. The number of rotatable bonds is 2. The van der Waals surface area contributed by atoms with Gasteiger partial charge in [0, 0.05) is 25.0 Å². The van der Waals surface area contributed by atoms with Crippen LogP contribution in [0.25, 0.3) is 0 Å². The van der Waals surface area contributed by atoms with E-state index in [1.54, 1.807) is 31.2 Å². The van der Waals surface area contributed by atoms with E-state index < -0.39 is 24.9 Å². The van der Waals surface area contributed by atoms with Gasteiger partial charge >= 0.3 is 0 Å². The molecular weight excluding hydrogens is 286 g/mol. The topological polar surface area (TPSA) is 71.5 Å². The standard InChI is InChI=1S/C12H17NO4S2/c1-10-9-13(7-8-19(10,16)17)11-3-5-12(6-4-11)18(2,14)15/h3-6,10H,7-9H2,1-2H3. The maximum atomic E-state index is 11.6. The number of anilines is 1. The molecule has 2 rings (SSSR count). The smallest absolute Gasteiger partial charge is 0.175 e. The fourth-order valence-corrected chi connectivity index (χ4v) is 4.01. The molecule has 5 nitrogen and oxygen atoms in total. The Bertz CT molecular complexity index is 662. The third-order valence-corrected chi connectivity index (χ3v) is 6.62. The Labute approximate surface area is 114 Å². The van der Waals surface area contributed by atoms with Crippen LogP contribution in [0.15, 0.2) is 29.2 Å². The van der Waals surface area contributed by atoms with E-state index in [1.165, 1.54) is 0 Å². The number of nitrogens with zero attached hydrogens (tertiary/aromatic N) is 1. The molecule has 7 heteroatoms. The highest BCUT2D eigenvalue weighted by Crippen LogP contribution is 2.22. The van der Waals surface area contributed by atoms with Crippen LogP contribution in [0.3, 0.4) is 0 Å². The van der Waals surface area contributed by atoms with Crippen molar-refractivity contribution >= 4 is 25.4 Å². The third kappa shape index (κ3) is 3.09. The van der Waals surface area contributed by atoms with Crippen LogP contribution in [-0.2, 0) is 19.7 Å². The van der Waals surface area contributed by atoms with Crippen molar-refractivity contribution in [2.75, 3.05) is 30.0 Å². The van der Waals surface area contributed by atoms with Crippen molar-refractivity contribution in [3.8, 4) is 0 Å². The lowest BCUT2D eigenvalue weighted by Gasteiger charge is -2.32. The molecule has 0 spiro atoms. The second kappa shape index (κ2) is 4.79. The molecule has 19 heavy (non-hydrogen) atoms. The van der Waals surface area contributed by atoms with Crippen molar-refractivity contribution < 1.29 is 16.8 Å². The summed E-state index contributed by atoms with van der Waals surface area (Å²) in [5, 5.41) is -0.393. The molecule has 1 aliphatic heterocycles. The Balaban J connectivity index is 2.21. The molecule has 1 aromatic carbocycles. The number of hydrogen-bond donors (Lipinski definition) is 0. The molecule has 0 aromatic heterocycles. The van der Waals surface area contributed by atoms with Gasteiger partial charge in [0.1, 0.15) is 0 Å². The lowest BCUT2D eigenvalue weighted by Crippen LogP contribution is -2.45. The van der Waals surface area contributed by atoms with E-state index in [0.717, 1.165) is 11.9 Å². The minimum atomic E-state index is -3.19. The molecule has 1 fully saturated rings. The molecule has 1 aliphatic rings. The van der Waals surface area contributed by atoms with Crippen LogP contribution in [0.4, 0.5) is 5.69 Å². The Hall–Kier alpha value is -1.08. The second-order valence-electron chi connectivity index (χ2n) is 4.89. The summed E-state index contributed by atoms with van der Waals surface area (Å²) < 4.78 is 46.0. The van der Waals surface area contributed by atoms with Gasteiger partial charge < -0.3 is 4.90 Å². The largest absolute Gasteiger partial charge is 0.369 e. The summed E-state index contributed by atoms with van der Waals surface area (Å²) in [6.45, 7) is 2.60. The first-order valence-electron chi connectivity index (χ1n) is 5.97. The van der Waals surface area contributed by atoms with Crippen LogP contribution in [0.2, 0.25) is 0 Å². The minimum absolute atomic E-state index is 0.141. The summed E-state index contributed by atoms with van der Waals surface area (Å²) in [7, 11) is -6.17. The van der Waals surface area contributed by atoms with Gasteiger partial charge in [-0.25, -0.2) is 16.8 Å². The molecule has 1 unspecified atom stereocenters. The summed E-state index contributed by atoms with van der Waals surface area (Å²) in [5.74, 6) is 0.141. The molecule has 0 N–H and O–H groups in total. The average molecular weight is 303 g/mol. The molecule has 1 saturated heterocycles. The van der Waals surface area contributed by atoms with E-state index in [1.807, 2.05) is 4.90 Å². The van der Waals surface area contributed by atoms with Crippen LogP contribution in [0, 0.1) is 0 Å². The molecule has 1 atom stereocenters. The first-order valence-corrected chi connectivity index (χ1v) is 9.57. The predicted molar refractivity (Wildman–Crippen MR) is 75.0 cm³/mol. The average Bonchev–Trinajstić information content (AvgIpc) is 2.32. The van der Waals surface area contributed by atoms with Crippen molar-refractivity contribution in [1.29, 1.82) is 0 Å². The van der Waals surface area contributed by atoms with Gasteiger partial charge in [0.05, 0.1) is 15.9 Å². The van der Waals surface area contributed by atoms with Gasteiger partial charge in [0.2, 0.25) is 0 Å². The summed E-state index contributed by atoms with van der Waals surface area (Å²) in [5.41, 5.74) is 0.856. The predicted octanol–water partition coefficient (Wildman–Crippen LogP) is 0.713. The number of sulfone groups is 2. The highest BCUT2D eigenvalue weighted by Gasteiger charge is 2.29. The Morgan fingerprint density at radius 2 is 1.79 bits per heavy atom. The zero-order valence-corrected chi connectivity index (χ0v) is 12.5. The highest BCUT2D eigenvalue weighted by atomic mass is 32.2.